The highest BCUT2D eigenvalue weighted by Gasteiger charge is 2.07. The Morgan fingerprint density at radius 2 is 2.21 bits per heavy atom. The number of nitrogens with zero attached hydrogens (tertiary/aromatic N) is 2. The molecule has 0 aliphatic heterocycles. The molecule has 0 aliphatic rings. The number of rotatable bonds is 4. The molecule has 0 bridgehead atoms. The van der Waals surface area contributed by atoms with Crippen LogP contribution < -0.4 is 10.1 Å². The van der Waals surface area contributed by atoms with Crippen LogP contribution in [0.1, 0.15) is 6.42 Å². The number of nitriles is 1. The molecule has 2 N–H and O–H groups in total. The van der Waals surface area contributed by atoms with Crippen molar-refractivity contribution >= 4 is 11.7 Å². The highest BCUT2D eigenvalue weighted by atomic mass is 16.5. The number of carbonyl (C=O) groups excluding carboxylic acids is 1. The highest BCUT2D eigenvalue weighted by Crippen LogP contribution is 2.22. The fourth-order valence-corrected chi connectivity index (χ4v) is 1.56. The molecule has 0 spiro atoms. The van der Waals surface area contributed by atoms with Crippen LogP contribution in [0.15, 0.2) is 30.3 Å². The number of H-pyrrole nitrogens is 1. The first kappa shape index (κ1) is 12.6. The fraction of sp³-hybridized carbons (Fsp3) is 0.154. The number of amides is 1. The monoisotopic (exact) mass is 256 g/mol. The highest BCUT2D eigenvalue weighted by molar-refractivity contribution is 5.91. The lowest BCUT2D eigenvalue weighted by molar-refractivity contribution is -0.115. The van der Waals surface area contributed by atoms with Crippen molar-refractivity contribution < 1.29 is 9.53 Å². The van der Waals surface area contributed by atoms with Crippen molar-refractivity contribution in [1.29, 1.82) is 5.26 Å². The van der Waals surface area contributed by atoms with Gasteiger partial charge in [0.05, 0.1) is 18.9 Å². The van der Waals surface area contributed by atoms with E-state index in [1.165, 1.54) is 0 Å². The predicted molar refractivity (Wildman–Crippen MR) is 69.4 cm³/mol. The molecule has 0 aliphatic carbocycles. The summed E-state index contributed by atoms with van der Waals surface area (Å²) in [6.07, 6.45) is -0.190. The standard InChI is InChI=1S/C13H12N4O2/c1-19-10-4-2-9(3-5-10)11-8-12(17-16-11)15-13(18)6-7-14/h2-5,8H,6H2,1H3,(H2,15,16,17,18). The second-order valence-electron chi connectivity index (χ2n) is 3.78. The summed E-state index contributed by atoms with van der Waals surface area (Å²) in [5.41, 5.74) is 1.70. The smallest absolute Gasteiger partial charge is 0.239 e. The van der Waals surface area contributed by atoms with Gasteiger partial charge in [-0.25, -0.2) is 0 Å². The molecule has 0 saturated heterocycles. The summed E-state index contributed by atoms with van der Waals surface area (Å²) in [4.78, 5) is 11.2. The molecule has 96 valence electrons. The lowest BCUT2D eigenvalue weighted by Crippen LogP contribution is -2.10. The molecule has 0 unspecified atom stereocenters. The molecule has 1 aromatic carbocycles. The molecule has 0 saturated carbocycles. The Kier molecular flexibility index (Phi) is 3.78. The van der Waals surface area contributed by atoms with Gasteiger partial charge in [0, 0.05) is 6.07 Å². The average Bonchev–Trinajstić information content (AvgIpc) is 2.87. The third kappa shape index (κ3) is 3.10. The van der Waals surface area contributed by atoms with E-state index in [1.54, 1.807) is 19.2 Å². The van der Waals surface area contributed by atoms with Gasteiger partial charge in [-0.15, -0.1) is 0 Å². The minimum Gasteiger partial charge on any atom is -0.497 e. The van der Waals surface area contributed by atoms with Crippen LogP contribution in [0.2, 0.25) is 0 Å². The number of methoxy groups -OCH3 is 1. The van der Waals surface area contributed by atoms with Gasteiger partial charge in [0.2, 0.25) is 5.91 Å². The zero-order valence-corrected chi connectivity index (χ0v) is 10.3. The summed E-state index contributed by atoms with van der Waals surface area (Å²) in [5.74, 6) is 0.784. The number of carbonyl (C=O) groups is 1. The zero-order chi connectivity index (χ0) is 13.7. The maximum absolute atomic E-state index is 11.2. The summed E-state index contributed by atoms with van der Waals surface area (Å²) in [6, 6.07) is 10.9. The Bertz CT molecular complexity index is 610. The maximum atomic E-state index is 11.2. The normalized spacial score (nSPS) is 9.68. The summed E-state index contributed by atoms with van der Waals surface area (Å²) in [6.45, 7) is 0. The van der Waals surface area contributed by atoms with Crippen LogP contribution in [0, 0.1) is 11.3 Å². The number of hydrogen-bond acceptors (Lipinski definition) is 4. The molecule has 1 heterocycles. The molecular formula is C13H12N4O2. The molecular weight excluding hydrogens is 244 g/mol. The second-order valence-corrected chi connectivity index (χ2v) is 3.78. The number of hydrogen-bond donors (Lipinski definition) is 2. The molecule has 2 aromatic rings. The van der Waals surface area contributed by atoms with Crippen LogP contribution in [0.25, 0.3) is 11.3 Å². The van der Waals surface area contributed by atoms with Gasteiger partial charge in [0.15, 0.2) is 5.82 Å². The van der Waals surface area contributed by atoms with Crippen LogP contribution in [-0.4, -0.2) is 23.2 Å². The van der Waals surface area contributed by atoms with Crippen molar-refractivity contribution in [2.45, 2.75) is 6.42 Å². The topological polar surface area (TPSA) is 90.8 Å². The van der Waals surface area contributed by atoms with Gasteiger partial charge in [0.25, 0.3) is 0 Å². The van der Waals surface area contributed by atoms with E-state index in [9.17, 15) is 4.79 Å². The Hall–Kier alpha value is -2.81. The van der Waals surface area contributed by atoms with E-state index in [0.29, 0.717) is 5.82 Å². The number of nitrogens with one attached hydrogen (secondary N) is 2. The van der Waals surface area contributed by atoms with E-state index in [4.69, 9.17) is 10.00 Å². The fourth-order valence-electron chi connectivity index (χ4n) is 1.56. The second kappa shape index (κ2) is 5.69. The number of benzene rings is 1. The first-order valence-corrected chi connectivity index (χ1v) is 5.59. The quantitative estimate of drug-likeness (QED) is 0.874. The van der Waals surface area contributed by atoms with Gasteiger partial charge in [-0.3, -0.25) is 9.89 Å². The van der Waals surface area contributed by atoms with Crippen molar-refractivity contribution in [3.05, 3.63) is 30.3 Å². The molecule has 6 nitrogen and oxygen atoms in total. The maximum Gasteiger partial charge on any atom is 0.239 e. The van der Waals surface area contributed by atoms with E-state index in [2.05, 4.69) is 15.5 Å². The Morgan fingerprint density at radius 1 is 1.47 bits per heavy atom. The van der Waals surface area contributed by atoms with E-state index < -0.39 is 0 Å². The first-order chi connectivity index (χ1) is 9.22. The number of aromatic nitrogens is 2. The zero-order valence-electron chi connectivity index (χ0n) is 10.3. The lowest BCUT2D eigenvalue weighted by atomic mass is 10.1. The number of aromatic amines is 1. The van der Waals surface area contributed by atoms with Crippen LogP contribution in [0.5, 0.6) is 5.75 Å². The van der Waals surface area contributed by atoms with Crippen molar-refractivity contribution in [2.24, 2.45) is 0 Å². The van der Waals surface area contributed by atoms with Crippen LogP contribution in [0.3, 0.4) is 0 Å². The summed E-state index contributed by atoms with van der Waals surface area (Å²) >= 11 is 0. The summed E-state index contributed by atoms with van der Waals surface area (Å²) < 4.78 is 5.08. The Morgan fingerprint density at radius 3 is 2.84 bits per heavy atom. The number of ether oxygens (including phenoxy) is 1. The van der Waals surface area contributed by atoms with Crippen LogP contribution in [0.4, 0.5) is 5.82 Å². The third-order valence-electron chi connectivity index (χ3n) is 2.49. The summed E-state index contributed by atoms with van der Waals surface area (Å²) in [7, 11) is 1.61. The third-order valence-corrected chi connectivity index (χ3v) is 2.49. The molecule has 1 aromatic heterocycles. The van der Waals surface area contributed by atoms with E-state index >= 15 is 0 Å². The van der Waals surface area contributed by atoms with Gasteiger partial charge in [-0.2, -0.15) is 10.4 Å². The summed E-state index contributed by atoms with van der Waals surface area (Å²) in [5, 5.41) is 17.7. The minimum absolute atomic E-state index is 0.190. The molecule has 2 rings (SSSR count). The molecule has 19 heavy (non-hydrogen) atoms. The van der Waals surface area contributed by atoms with Gasteiger partial charge >= 0.3 is 0 Å². The Labute approximate surface area is 110 Å². The van der Waals surface area contributed by atoms with Crippen LogP contribution in [-0.2, 0) is 4.79 Å². The van der Waals surface area contributed by atoms with Gasteiger partial charge in [-0.05, 0) is 29.8 Å². The van der Waals surface area contributed by atoms with Crippen molar-refractivity contribution in [3.8, 4) is 23.1 Å². The van der Waals surface area contributed by atoms with Gasteiger partial charge < -0.3 is 10.1 Å². The minimum atomic E-state index is -0.379. The molecule has 0 fully saturated rings. The van der Waals surface area contributed by atoms with Crippen LogP contribution >= 0.6 is 0 Å². The van der Waals surface area contributed by atoms with Gasteiger partial charge in [0.1, 0.15) is 12.2 Å². The van der Waals surface area contributed by atoms with E-state index in [-0.39, 0.29) is 12.3 Å². The number of anilines is 1. The molecule has 0 radical (unpaired) electrons. The molecule has 6 heteroatoms. The van der Waals surface area contributed by atoms with E-state index in [0.717, 1.165) is 17.0 Å². The lowest BCUT2D eigenvalue weighted by Gasteiger charge is -2.00. The average molecular weight is 256 g/mol. The van der Waals surface area contributed by atoms with Crippen molar-refractivity contribution in [1.82, 2.24) is 10.2 Å². The predicted octanol–water partition coefficient (Wildman–Crippen LogP) is 1.94. The SMILES string of the molecule is COc1ccc(-c2cc(NC(=O)CC#N)n[nH]2)cc1. The first-order valence-electron chi connectivity index (χ1n) is 5.59. The van der Waals surface area contributed by atoms with Crippen molar-refractivity contribution in [3.63, 3.8) is 0 Å². The Balaban J connectivity index is 2.11. The van der Waals surface area contributed by atoms with E-state index in [1.807, 2.05) is 24.3 Å². The molecule has 1 amide bonds. The molecule has 0 atom stereocenters. The van der Waals surface area contributed by atoms with Crippen molar-refractivity contribution in [2.75, 3.05) is 12.4 Å². The van der Waals surface area contributed by atoms with Gasteiger partial charge in [-0.1, -0.05) is 0 Å². The largest absolute Gasteiger partial charge is 0.497 e.